The molecule has 2 aliphatic rings. The zero-order chi connectivity index (χ0) is 75.8. The molecule has 0 aliphatic carbocycles. The van der Waals surface area contributed by atoms with Crippen molar-refractivity contribution in [1.82, 2.24) is 4.57 Å². The van der Waals surface area contributed by atoms with Crippen LogP contribution in [0.25, 0.3) is 127 Å². The molecule has 0 saturated heterocycles. The van der Waals surface area contributed by atoms with Crippen LogP contribution in [-0.2, 0) is 27.1 Å². The van der Waals surface area contributed by atoms with Gasteiger partial charge in [-0.3, -0.25) is 0 Å². The molecule has 17 aromatic rings. The Morgan fingerprint density at radius 2 is 0.709 bits per heavy atom. The summed E-state index contributed by atoms with van der Waals surface area (Å²) in [5.41, 5.74) is 33.5. The Balaban J connectivity index is 1.01. The molecule has 6 heteroatoms. The molecule has 0 spiro atoms. The van der Waals surface area contributed by atoms with Crippen molar-refractivity contribution < 1.29 is 8.83 Å². The normalized spacial score (nSPS) is 13.4. The van der Waals surface area contributed by atoms with E-state index in [2.05, 4.69) is 403 Å². The second kappa shape index (κ2) is 24.8. The van der Waals surface area contributed by atoms with Gasteiger partial charge in [0, 0.05) is 72.2 Å². The highest BCUT2D eigenvalue weighted by Gasteiger charge is 2.47. The second-order valence-electron chi connectivity index (χ2n) is 36.1. The van der Waals surface area contributed by atoms with E-state index in [0.717, 1.165) is 139 Å². The average molecular weight is 1430 g/mol. The van der Waals surface area contributed by atoms with Crippen molar-refractivity contribution in [3.63, 3.8) is 0 Å². The zero-order valence-corrected chi connectivity index (χ0v) is 65.9. The second-order valence-corrected chi connectivity index (χ2v) is 36.1. The monoisotopic (exact) mass is 1430 g/mol. The lowest BCUT2D eigenvalue weighted by molar-refractivity contribution is 0.572. The van der Waals surface area contributed by atoms with Gasteiger partial charge in [0.2, 0.25) is 0 Å². The predicted molar refractivity (Wildman–Crippen MR) is 470 cm³/mol. The minimum Gasteiger partial charge on any atom is -0.456 e. The van der Waals surface area contributed by atoms with E-state index in [9.17, 15) is 0 Å². The molecular weight excluding hydrogens is 1330 g/mol. The molecule has 3 aromatic heterocycles. The van der Waals surface area contributed by atoms with Crippen molar-refractivity contribution in [2.75, 3.05) is 9.80 Å². The average Bonchev–Trinajstić information content (AvgIpc) is 0.969. The predicted octanol–water partition coefficient (Wildman–Crippen LogP) is 27.5. The number of anilines is 6. The minimum atomic E-state index is -0.370. The highest BCUT2D eigenvalue weighted by atomic mass is 16.3. The summed E-state index contributed by atoms with van der Waals surface area (Å²) in [5.74, 6) is 0. The maximum Gasteiger partial charge on any atom is 0.252 e. The smallest absolute Gasteiger partial charge is 0.252 e. The maximum absolute atomic E-state index is 7.51. The van der Waals surface area contributed by atoms with Crippen LogP contribution in [0.5, 0.6) is 0 Å². The lowest BCUT2D eigenvalue weighted by Gasteiger charge is -2.46. The summed E-state index contributed by atoms with van der Waals surface area (Å²) in [7, 11) is 0. The fourth-order valence-electron chi connectivity index (χ4n) is 17.9. The third kappa shape index (κ3) is 11.1. The van der Waals surface area contributed by atoms with E-state index >= 15 is 0 Å². The van der Waals surface area contributed by atoms with Crippen molar-refractivity contribution in [3.05, 3.63) is 313 Å². The van der Waals surface area contributed by atoms with Gasteiger partial charge in [0.05, 0.1) is 33.2 Å². The molecule has 0 atom stereocenters. The molecule has 0 saturated carbocycles. The van der Waals surface area contributed by atoms with Gasteiger partial charge in [-0.1, -0.05) is 310 Å². The van der Waals surface area contributed by atoms with Gasteiger partial charge in [-0.2, -0.15) is 0 Å². The molecule has 110 heavy (non-hydrogen) atoms. The molecule has 2 aliphatic heterocycles. The highest BCUT2D eigenvalue weighted by Crippen LogP contribution is 2.58. The SMILES string of the molecule is CC(C)(C)c1cccc(-c2cc(C(C)(C)C)c3oc4ccccc4c3c2N2c3ccc(-c4cccc(-c5ccccc5)c4)cc3B3c4ccc(-n5c6ccccc6c6cc(-c7ccccc7)ccc65)cc4N(c4c(-c5cccc(C(C)(C)C)c5)cc(C(C)(C)C)c5oc6ccccc6c45)c4cc(C(C)(C)C)cc2c43)c1. The molecule has 5 heterocycles. The Morgan fingerprint density at radius 1 is 0.273 bits per heavy atom. The first-order valence-electron chi connectivity index (χ1n) is 39.2. The molecule has 0 N–H and O–H groups in total. The summed E-state index contributed by atoms with van der Waals surface area (Å²) >= 11 is 0. The Morgan fingerprint density at radius 3 is 1.25 bits per heavy atom. The summed E-state index contributed by atoms with van der Waals surface area (Å²) in [5, 5.41) is 6.73. The van der Waals surface area contributed by atoms with Gasteiger partial charge in [-0.25, -0.2) is 0 Å². The van der Waals surface area contributed by atoms with Crippen LogP contribution >= 0.6 is 0 Å². The van der Waals surface area contributed by atoms with Crippen molar-refractivity contribution in [1.29, 1.82) is 0 Å². The molecular formula is C104H92BN3O2. The van der Waals surface area contributed by atoms with E-state index in [0.29, 0.717) is 0 Å². The van der Waals surface area contributed by atoms with Gasteiger partial charge in [-0.15, -0.1) is 0 Å². The first kappa shape index (κ1) is 68.7. The summed E-state index contributed by atoms with van der Waals surface area (Å²) in [4.78, 5) is 5.44. The van der Waals surface area contributed by atoms with Crippen molar-refractivity contribution >= 4 is 123 Å². The van der Waals surface area contributed by atoms with Gasteiger partial charge < -0.3 is 23.2 Å². The Kier molecular flexibility index (Phi) is 15.5. The number of hydrogen-bond acceptors (Lipinski definition) is 4. The first-order valence-corrected chi connectivity index (χ1v) is 39.2. The van der Waals surface area contributed by atoms with Gasteiger partial charge >= 0.3 is 0 Å². The molecule has 0 bridgehead atoms. The largest absolute Gasteiger partial charge is 0.456 e. The zero-order valence-electron chi connectivity index (χ0n) is 65.9. The van der Waals surface area contributed by atoms with E-state index in [1.807, 2.05) is 0 Å². The third-order valence-corrected chi connectivity index (χ3v) is 23.6. The lowest BCUT2D eigenvalue weighted by Crippen LogP contribution is -2.61. The summed E-state index contributed by atoms with van der Waals surface area (Å²) in [6.45, 7) is 34.9. The Bertz CT molecular complexity index is 6630. The van der Waals surface area contributed by atoms with Crippen molar-refractivity contribution in [2.45, 2.75) is 131 Å². The molecule has 0 fully saturated rings. The number of fused-ring (bicyclic) bond motifs is 13. The summed E-state index contributed by atoms with van der Waals surface area (Å²) in [6.07, 6.45) is 0. The van der Waals surface area contributed by atoms with Gasteiger partial charge in [0.1, 0.15) is 22.3 Å². The van der Waals surface area contributed by atoms with Crippen LogP contribution < -0.4 is 26.2 Å². The molecule has 0 amide bonds. The number of aromatic nitrogens is 1. The topological polar surface area (TPSA) is 37.7 Å². The van der Waals surface area contributed by atoms with Crippen LogP contribution in [0.2, 0.25) is 0 Å². The number of para-hydroxylation sites is 3. The number of nitrogens with zero attached hydrogens (tertiary/aromatic N) is 3. The highest BCUT2D eigenvalue weighted by molar-refractivity contribution is 7.00. The van der Waals surface area contributed by atoms with Crippen LogP contribution in [0.1, 0.15) is 132 Å². The minimum absolute atomic E-state index is 0.136. The third-order valence-electron chi connectivity index (χ3n) is 23.6. The molecule has 0 unspecified atom stereocenters. The van der Waals surface area contributed by atoms with Gasteiger partial charge in [0.15, 0.2) is 0 Å². The van der Waals surface area contributed by atoms with Gasteiger partial charge in [-0.05, 0) is 184 Å². The Labute approximate surface area is 647 Å². The number of benzene rings is 14. The fourth-order valence-corrected chi connectivity index (χ4v) is 17.9. The number of hydrogen-bond donors (Lipinski definition) is 0. The van der Waals surface area contributed by atoms with Gasteiger partial charge in [0.25, 0.3) is 6.71 Å². The molecule has 0 radical (unpaired) electrons. The maximum atomic E-state index is 7.51. The van der Waals surface area contributed by atoms with Crippen LogP contribution in [0.4, 0.5) is 34.1 Å². The van der Waals surface area contributed by atoms with E-state index in [1.165, 1.54) is 66.1 Å². The van der Waals surface area contributed by atoms with Crippen LogP contribution in [-0.4, -0.2) is 11.3 Å². The number of rotatable bonds is 8. The van der Waals surface area contributed by atoms with E-state index in [1.54, 1.807) is 0 Å². The summed E-state index contributed by atoms with van der Waals surface area (Å²) in [6, 6.07) is 108. The number of furan rings is 2. The van der Waals surface area contributed by atoms with E-state index in [4.69, 9.17) is 8.83 Å². The standard InChI is InChI=1S/C104H92BN3O2/c1-100(2,3)71-39-29-37-69(54-71)78-61-81(103(10,11)12)98-93(76-42-23-26-45-91(76)109-98)96(78)107-87-52-48-68(66-36-28-35-65(53-66)63-31-18-16-19-32-63)57-84(87)105-83-50-49-74(106-85-44-25-22-41-75(85)80-56-67(47-51-86(80)106)64-33-20-17-21-34-64)60-88(83)108(90-59-73(102(7,8)9)58-89(107)95(90)105)97-79(70-38-30-40-72(55-70)101(4,5)6)62-82(104(13,14)15)99-94(97)77-43-24-27-46-92(77)110-99/h16-62H,1-15H3. The lowest BCUT2D eigenvalue weighted by atomic mass is 9.33. The quantitative estimate of drug-likeness (QED) is 0.142. The molecule has 14 aromatic carbocycles. The van der Waals surface area contributed by atoms with E-state index in [-0.39, 0.29) is 33.8 Å². The first-order chi connectivity index (χ1) is 52.7. The molecule has 538 valence electrons. The van der Waals surface area contributed by atoms with Crippen LogP contribution in [0.15, 0.2) is 294 Å². The van der Waals surface area contributed by atoms with E-state index < -0.39 is 0 Å². The fraction of sp³-hybridized carbons (Fsp3) is 0.192. The summed E-state index contributed by atoms with van der Waals surface area (Å²) < 4.78 is 17.5. The molecule has 19 rings (SSSR count). The Hall–Kier alpha value is -11.9. The van der Waals surface area contributed by atoms with Crippen molar-refractivity contribution in [3.8, 4) is 61.3 Å². The van der Waals surface area contributed by atoms with Crippen LogP contribution in [0, 0.1) is 0 Å². The van der Waals surface area contributed by atoms with Crippen LogP contribution in [0.3, 0.4) is 0 Å². The van der Waals surface area contributed by atoms with Crippen molar-refractivity contribution in [2.24, 2.45) is 0 Å². The molecule has 5 nitrogen and oxygen atoms in total.